The van der Waals surface area contributed by atoms with E-state index in [1.165, 1.54) is 10.9 Å². The van der Waals surface area contributed by atoms with Crippen LogP contribution in [0.1, 0.15) is 6.42 Å². The summed E-state index contributed by atoms with van der Waals surface area (Å²) in [5.41, 5.74) is 5.58. The number of hydrogen-bond acceptors (Lipinski definition) is 5. The van der Waals surface area contributed by atoms with Gasteiger partial charge in [0.1, 0.15) is 15.7 Å². The van der Waals surface area contributed by atoms with Gasteiger partial charge in [-0.2, -0.15) is 5.10 Å². The van der Waals surface area contributed by atoms with Crippen molar-refractivity contribution in [2.45, 2.75) is 12.5 Å². The third kappa shape index (κ3) is 4.53. The van der Waals surface area contributed by atoms with Gasteiger partial charge in [0.15, 0.2) is 0 Å². The van der Waals surface area contributed by atoms with Crippen molar-refractivity contribution in [1.29, 1.82) is 0 Å². The third-order valence-electron chi connectivity index (χ3n) is 2.21. The summed E-state index contributed by atoms with van der Waals surface area (Å²) >= 11 is 0. The van der Waals surface area contributed by atoms with Crippen LogP contribution < -0.4 is 11.1 Å². The molecule has 1 amide bonds. The predicted molar refractivity (Wildman–Crippen MR) is 64.1 cm³/mol. The first-order valence-corrected chi connectivity index (χ1v) is 7.08. The van der Waals surface area contributed by atoms with E-state index < -0.39 is 21.8 Å². The lowest BCUT2D eigenvalue weighted by atomic mass is 10.2. The van der Waals surface area contributed by atoms with Gasteiger partial charge in [-0.1, -0.05) is 0 Å². The van der Waals surface area contributed by atoms with Crippen LogP contribution in [-0.2, 0) is 21.7 Å². The summed E-state index contributed by atoms with van der Waals surface area (Å²) in [7, 11) is -1.42. The maximum Gasteiger partial charge on any atom is 0.242 e. The maximum absolute atomic E-state index is 11.6. The first kappa shape index (κ1) is 13.7. The molecule has 0 bridgehead atoms. The van der Waals surface area contributed by atoms with Gasteiger partial charge in [-0.05, 0) is 6.42 Å². The average Bonchev–Trinajstić information content (AvgIpc) is 2.59. The highest BCUT2D eigenvalue weighted by atomic mass is 32.2. The molecule has 1 atom stereocenters. The summed E-state index contributed by atoms with van der Waals surface area (Å²) in [6, 6.07) is 0.779. The first-order valence-electron chi connectivity index (χ1n) is 5.02. The molecule has 1 aromatic rings. The molecule has 7 nitrogen and oxygen atoms in total. The number of nitrogens with one attached hydrogen (secondary N) is 1. The molecule has 0 unspecified atom stereocenters. The normalized spacial score (nSPS) is 13.4. The Morgan fingerprint density at radius 1 is 1.65 bits per heavy atom. The van der Waals surface area contributed by atoms with Gasteiger partial charge in [0, 0.05) is 19.4 Å². The fourth-order valence-corrected chi connectivity index (χ4v) is 1.87. The predicted octanol–water partition coefficient (Wildman–Crippen LogP) is -0.879. The van der Waals surface area contributed by atoms with E-state index in [9.17, 15) is 13.2 Å². The van der Waals surface area contributed by atoms with Crippen LogP contribution in [0.25, 0.3) is 0 Å². The molecule has 1 rings (SSSR count). The fourth-order valence-electron chi connectivity index (χ4n) is 1.19. The van der Waals surface area contributed by atoms with Crippen molar-refractivity contribution in [3.05, 3.63) is 12.3 Å². The molecule has 17 heavy (non-hydrogen) atoms. The minimum absolute atomic E-state index is 0.0997. The highest BCUT2D eigenvalue weighted by Gasteiger charge is 2.16. The second kappa shape index (κ2) is 5.28. The molecule has 0 aromatic carbocycles. The van der Waals surface area contributed by atoms with Crippen molar-refractivity contribution in [1.82, 2.24) is 9.78 Å². The van der Waals surface area contributed by atoms with E-state index in [4.69, 9.17) is 5.73 Å². The van der Waals surface area contributed by atoms with Crippen molar-refractivity contribution in [2.75, 3.05) is 17.3 Å². The zero-order valence-corrected chi connectivity index (χ0v) is 10.6. The van der Waals surface area contributed by atoms with Crippen molar-refractivity contribution in [2.24, 2.45) is 12.8 Å². The smallest absolute Gasteiger partial charge is 0.242 e. The van der Waals surface area contributed by atoms with E-state index in [2.05, 4.69) is 10.4 Å². The lowest BCUT2D eigenvalue weighted by Crippen LogP contribution is -2.37. The van der Waals surface area contributed by atoms with Crippen LogP contribution in [0.2, 0.25) is 0 Å². The molecule has 0 spiro atoms. The average molecular weight is 260 g/mol. The molecular weight excluding hydrogens is 244 g/mol. The molecular formula is C9H16N4O3S. The molecule has 0 saturated heterocycles. The molecule has 0 fully saturated rings. The van der Waals surface area contributed by atoms with Crippen LogP contribution in [0.5, 0.6) is 0 Å². The molecule has 1 aromatic heterocycles. The quantitative estimate of drug-likeness (QED) is 0.715. The van der Waals surface area contributed by atoms with E-state index in [-0.39, 0.29) is 12.2 Å². The summed E-state index contributed by atoms with van der Waals surface area (Å²) in [6.07, 6.45) is 2.75. The zero-order chi connectivity index (χ0) is 13.1. The van der Waals surface area contributed by atoms with Crippen LogP contribution in [0.4, 0.5) is 5.82 Å². The number of anilines is 1. The van der Waals surface area contributed by atoms with E-state index in [1.54, 1.807) is 13.1 Å². The second-order valence-electron chi connectivity index (χ2n) is 3.85. The van der Waals surface area contributed by atoms with Crippen LogP contribution in [0.15, 0.2) is 12.3 Å². The number of rotatable bonds is 5. The van der Waals surface area contributed by atoms with Crippen LogP contribution in [-0.4, -0.2) is 42.2 Å². The molecule has 96 valence electrons. The van der Waals surface area contributed by atoms with Gasteiger partial charge in [-0.15, -0.1) is 0 Å². The largest absolute Gasteiger partial charge is 0.320 e. The molecule has 8 heteroatoms. The van der Waals surface area contributed by atoms with Crippen molar-refractivity contribution < 1.29 is 13.2 Å². The Bertz CT molecular complexity index is 494. The first-order chi connectivity index (χ1) is 7.79. The molecule has 0 aliphatic carbocycles. The van der Waals surface area contributed by atoms with Crippen LogP contribution in [0.3, 0.4) is 0 Å². The third-order valence-corrected chi connectivity index (χ3v) is 3.19. The summed E-state index contributed by atoms with van der Waals surface area (Å²) in [5.74, 6) is -0.00507. The summed E-state index contributed by atoms with van der Waals surface area (Å²) in [4.78, 5) is 11.6. The van der Waals surface area contributed by atoms with Gasteiger partial charge in [0.2, 0.25) is 5.91 Å². The van der Waals surface area contributed by atoms with Gasteiger partial charge < -0.3 is 11.1 Å². The Balaban J connectivity index is 2.51. The van der Waals surface area contributed by atoms with Gasteiger partial charge in [-0.25, -0.2) is 8.42 Å². The highest BCUT2D eigenvalue weighted by Crippen LogP contribution is 2.04. The number of nitrogens with two attached hydrogens (primary N) is 1. The summed E-state index contributed by atoms with van der Waals surface area (Å²) < 4.78 is 23.3. The highest BCUT2D eigenvalue weighted by molar-refractivity contribution is 7.90. The number of aryl methyl sites for hydroxylation is 1. The molecule has 0 saturated carbocycles. The Labute approximate surface area is 99.9 Å². The number of nitrogens with zero attached hydrogens (tertiary/aromatic N) is 2. The van der Waals surface area contributed by atoms with Crippen molar-refractivity contribution in [3.8, 4) is 0 Å². The van der Waals surface area contributed by atoms with E-state index in [1.807, 2.05) is 0 Å². The second-order valence-corrected chi connectivity index (χ2v) is 6.11. The Kier molecular flexibility index (Phi) is 4.24. The summed E-state index contributed by atoms with van der Waals surface area (Å²) in [6.45, 7) is 0. The minimum atomic E-state index is -3.10. The standard InChI is InChI=1S/C9H16N4O3S/c1-13-8(3-5-11-13)12-9(14)7(10)4-6-17(2,15)16/h3,5,7H,4,6,10H2,1-2H3,(H,12,14)/t7-/m0/s1. The lowest BCUT2D eigenvalue weighted by molar-refractivity contribution is -0.117. The molecule has 0 aliphatic heterocycles. The van der Waals surface area contributed by atoms with Crippen LogP contribution >= 0.6 is 0 Å². The van der Waals surface area contributed by atoms with Crippen molar-refractivity contribution in [3.63, 3.8) is 0 Å². The number of carbonyl (C=O) groups excluding carboxylic acids is 1. The lowest BCUT2D eigenvalue weighted by Gasteiger charge is -2.11. The topological polar surface area (TPSA) is 107 Å². The summed E-state index contributed by atoms with van der Waals surface area (Å²) in [5, 5.41) is 6.45. The van der Waals surface area contributed by atoms with Gasteiger partial charge in [-0.3, -0.25) is 9.48 Å². The Morgan fingerprint density at radius 2 is 2.29 bits per heavy atom. The maximum atomic E-state index is 11.6. The Morgan fingerprint density at radius 3 is 2.76 bits per heavy atom. The number of amides is 1. The molecule has 1 heterocycles. The SMILES string of the molecule is Cn1nccc1NC(=O)[C@@H](N)CCS(C)(=O)=O. The number of sulfone groups is 1. The van der Waals surface area contributed by atoms with E-state index in [0.29, 0.717) is 5.82 Å². The monoisotopic (exact) mass is 260 g/mol. The van der Waals surface area contributed by atoms with E-state index in [0.717, 1.165) is 6.26 Å². The van der Waals surface area contributed by atoms with Gasteiger partial charge in [0.25, 0.3) is 0 Å². The van der Waals surface area contributed by atoms with Gasteiger partial charge in [0.05, 0.1) is 18.0 Å². The minimum Gasteiger partial charge on any atom is -0.320 e. The number of carbonyl (C=O) groups is 1. The number of aromatic nitrogens is 2. The molecule has 0 radical (unpaired) electrons. The Hall–Kier alpha value is -1.41. The zero-order valence-electron chi connectivity index (χ0n) is 9.75. The van der Waals surface area contributed by atoms with E-state index >= 15 is 0 Å². The fraction of sp³-hybridized carbons (Fsp3) is 0.556. The number of hydrogen-bond donors (Lipinski definition) is 2. The molecule has 0 aliphatic rings. The molecule has 3 N–H and O–H groups in total. The van der Waals surface area contributed by atoms with Crippen molar-refractivity contribution >= 4 is 21.6 Å². The van der Waals surface area contributed by atoms with Gasteiger partial charge >= 0.3 is 0 Å². The van der Waals surface area contributed by atoms with Crippen LogP contribution in [0, 0.1) is 0 Å².